The minimum absolute atomic E-state index is 0.180. The number of carbonyl (C=O) groups is 1. The topological polar surface area (TPSA) is 144 Å². The van der Waals surface area contributed by atoms with Crippen molar-refractivity contribution in [2.45, 2.75) is 0 Å². The van der Waals surface area contributed by atoms with Gasteiger partial charge < -0.3 is 15.5 Å². The molecule has 41 heavy (non-hydrogen) atoms. The van der Waals surface area contributed by atoms with Crippen LogP contribution in [-0.2, 0) is 10.0 Å². The molecule has 5 aromatic rings. The lowest BCUT2D eigenvalue weighted by molar-refractivity contribution is 0.0964. The number of fused-ring (bicyclic) bond motifs is 1. The van der Waals surface area contributed by atoms with Crippen molar-refractivity contribution in [3.05, 3.63) is 96.1 Å². The first-order valence-corrected chi connectivity index (χ1v) is 14.2. The fourth-order valence-electron chi connectivity index (χ4n) is 4.28. The van der Waals surface area contributed by atoms with Crippen LogP contribution in [0.2, 0.25) is 0 Å². The van der Waals surface area contributed by atoms with Gasteiger partial charge in [-0.2, -0.15) is 0 Å². The second-order valence-electron chi connectivity index (χ2n) is 9.10. The van der Waals surface area contributed by atoms with Crippen molar-refractivity contribution < 1.29 is 22.0 Å². The zero-order valence-corrected chi connectivity index (χ0v) is 23.1. The number of halogens is 1. The molecule has 0 aliphatic carbocycles. The molecular weight excluding hydrogens is 547 g/mol. The van der Waals surface area contributed by atoms with Crippen LogP contribution in [0.5, 0.6) is 0 Å². The Morgan fingerprint density at radius 1 is 1.05 bits per heavy atom. The lowest BCUT2D eigenvalue weighted by atomic mass is 10.00. The Balaban J connectivity index is 1.76. The molecule has 0 fully saturated rings. The molecule has 0 unspecified atom stereocenters. The Hall–Kier alpha value is -5.10. The molecule has 0 radical (unpaired) electrons. The minimum Gasteiger partial charge on any atom is -0.455 e. The van der Waals surface area contributed by atoms with E-state index in [1.165, 1.54) is 50.6 Å². The predicted molar refractivity (Wildman–Crippen MR) is 156 cm³/mol. The van der Waals surface area contributed by atoms with Crippen LogP contribution < -0.4 is 15.4 Å². The SMILES string of the molecule is CNC(=O)c1c(-c2ccc(F)cc2)oc2cc(N(C)S(C)(=O)=O)c(-c3cc(/C(N)=N/c4ccccn4)ccn3)cc12. The van der Waals surface area contributed by atoms with Crippen molar-refractivity contribution in [1.29, 1.82) is 0 Å². The summed E-state index contributed by atoms with van der Waals surface area (Å²) >= 11 is 0. The molecule has 10 nitrogen and oxygen atoms in total. The summed E-state index contributed by atoms with van der Waals surface area (Å²) in [6.45, 7) is 0. The number of rotatable bonds is 7. The Kier molecular flexibility index (Phi) is 7.24. The number of amides is 1. The van der Waals surface area contributed by atoms with Gasteiger partial charge in [-0.3, -0.25) is 14.1 Å². The average Bonchev–Trinajstić information content (AvgIpc) is 3.34. The van der Waals surface area contributed by atoms with E-state index in [2.05, 4.69) is 20.3 Å². The quantitative estimate of drug-likeness (QED) is 0.216. The number of benzene rings is 2. The van der Waals surface area contributed by atoms with Crippen LogP contribution in [-0.4, -0.2) is 50.5 Å². The molecule has 12 heteroatoms. The summed E-state index contributed by atoms with van der Waals surface area (Å²) in [6.07, 6.45) is 4.20. The van der Waals surface area contributed by atoms with Gasteiger partial charge in [-0.1, -0.05) is 6.07 Å². The van der Waals surface area contributed by atoms with Gasteiger partial charge in [-0.05, 0) is 54.6 Å². The first-order chi connectivity index (χ1) is 19.6. The zero-order chi connectivity index (χ0) is 29.3. The van der Waals surface area contributed by atoms with Crippen molar-refractivity contribution in [2.24, 2.45) is 10.7 Å². The van der Waals surface area contributed by atoms with E-state index in [0.717, 1.165) is 10.6 Å². The summed E-state index contributed by atoms with van der Waals surface area (Å²) in [4.78, 5) is 26.1. The van der Waals surface area contributed by atoms with Crippen LogP contribution in [0.1, 0.15) is 15.9 Å². The minimum atomic E-state index is -3.72. The molecule has 0 spiro atoms. The Bertz CT molecular complexity index is 1910. The molecule has 0 aliphatic heterocycles. The highest BCUT2D eigenvalue weighted by molar-refractivity contribution is 7.92. The molecule has 3 heterocycles. The number of pyridine rings is 2. The van der Waals surface area contributed by atoms with Gasteiger partial charge in [0, 0.05) is 54.6 Å². The van der Waals surface area contributed by atoms with Gasteiger partial charge in [0.25, 0.3) is 5.91 Å². The third-order valence-electron chi connectivity index (χ3n) is 6.42. The van der Waals surface area contributed by atoms with Crippen LogP contribution in [0.25, 0.3) is 33.6 Å². The maximum absolute atomic E-state index is 13.6. The van der Waals surface area contributed by atoms with Gasteiger partial charge in [0.2, 0.25) is 10.0 Å². The van der Waals surface area contributed by atoms with Crippen LogP contribution in [0.4, 0.5) is 15.9 Å². The van der Waals surface area contributed by atoms with E-state index in [1.807, 2.05) is 0 Å². The van der Waals surface area contributed by atoms with Crippen molar-refractivity contribution in [3.8, 4) is 22.6 Å². The summed E-state index contributed by atoms with van der Waals surface area (Å²) < 4.78 is 46.1. The van der Waals surface area contributed by atoms with Gasteiger partial charge in [-0.15, -0.1) is 0 Å². The number of furan rings is 1. The number of nitrogens with two attached hydrogens (primary N) is 1. The van der Waals surface area contributed by atoms with Crippen molar-refractivity contribution in [1.82, 2.24) is 15.3 Å². The molecule has 5 rings (SSSR count). The second kappa shape index (κ2) is 10.8. The van der Waals surface area contributed by atoms with Crippen molar-refractivity contribution in [2.75, 3.05) is 24.7 Å². The maximum atomic E-state index is 13.6. The number of anilines is 1. The van der Waals surface area contributed by atoms with Gasteiger partial charge in [0.1, 0.15) is 23.0 Å². The third-order valence-corrected chi connectivity index (χ3v) is 7.61. The lowest BCUT2D eigenvalue weighted by Crippen LogP contribution is -2.25. The van der Waals surface area contributed by atoms with Gasteiger partial charge in [-0.25, -0.2) is 22.8 Å². The number of hydrogen-bond donors (Lipinski definition) is 2. The molecule has 0 atom stereocenters. The van der Waals surface area contributed by atoms with Crippen molar-refractivity contribution in [3.63, 3.8) is 0 Å². The molecule has 208 valence electrons. The number of nitrogens with one attached hydrogen (secondary N) is 1. The number of sulfonamides is 1. The van der Waals surface area contributed by atoms with Crippen molar-refractivity contribution >= 4 is 44.2 Å². The summed E-state index contributed by atoms with van der Waals surface area (Å²) in [5.41, 5.74) is 8.76. The molecule has 3 aromatic heterocycles. The zero-order valence-electron chi connectivity index (χ0n) is 22.3. The van der Waals surface area contributed by atoms with Gasteiger partial charge in [0.05, 0.1) is 23.2 Å². The fourth-order valence-corrected chi connectivity index (χ4v) is 4.78. The summed E-state index contributed by atoms with van der Waals surface area (Å²) in [6, 6.07) is 17.3. The highest BCUT2D eigenvalue weighted by atomic mass is 32.2. The fraction of sp³-hybridized carbons (Fsp3) is 0.103. The maximum Gasteiger partial charge on any atom is 0.255 e. The van der Waals surface area contributed by atoms with E-state index < -0.39 is 21.7 Å². The summed E-state index contributed by atoms with van der Waals surface area (Å²) in [5.74, 6) is -0.0734. The molecule has 0 bridgehead atoms. The normalized spacial score (nSPS) is 12.0. The van der Waals surface area contributed by atoms with E-state index in [0.29, 0.717) is 33.6 Å². The molecule has 2 aromatic carbocycles. The van der Waals surface area contributed by atoms with E-state index in [-0.39, 0.29) is 28.4 Å². The first-order valence-electron chi connectivity index (χ1n) is 12.3. The number of carbonyl (C=O) groups excluding carboxylic acids is 1. The van der Waals surface area contributed by atoms with Crippen LogP contribution in [0, 0.1) is 5.82 Å². The van der Waals surface area contributed by atoms with E-state index in [1.54, 1.807) is 42.6 Å². The molecule has 0 aliphatic rings. The van der Waals surface area contributed by atoms with Gasteiger partial charge >= 0.3 is 0 Å². The highest BCUT2D eigenvalue weighted by Gasteiger charge is 2.26. The summed E-state index contributed by atoms with van der Waals surface area (Å²) in [7, 11) is -0.827. The third kappa shape index (κ3) is 5.50. The standard InChI is InChI=1S/C29H25FN6O4S/c1-32-29(37)26-21-15-20(22-14-18(11-13-33-22)28(31)35-25-6-4-5-12-34-25)23(36(2)41(3,38)39)16-24(21)40-27(26)17-7-9-19(30)10-8-17/h4-16H,1-3H3,(H,32,37)(H2,31,34,35). The van der Waals surface area contributed by atoms with Crippen LogP contribution in [0.3, 0.4) is 0 Å². The number of amidine groups is 1. The lowest BCUT2D eigenvalue weighted by Gasteiger charge is -2.20. The van der Waals surface area contributed by atoms with Crippen LogP contribution >= 0.6 is 0 Å². The highest BCUT2D eigenvalue weighted by Crippen LogP contribution is 2.41. The van der Waals surface area contributed by atoms with Crippen LogP contribution in [0.15, 0.2) is 88.5 Å². The monoisotopic (exact) mass is 572 g/mol. The second-order valence-corrected chi connectivity index (χ2v) is 11.1. The number of aliphatic imine (C=N–C) groups is 1. The van der Waals surface area contributed by atoms with E-state index in [9.17, 15) is 17.6 Å². The Morgan fingerprint density at radius 3 is 2.46 bits per heavy atom. The largest absolute Gasteiger partial charge is 0.455 e. The number of aromatic nitrogens is 2. The predicted octanol–water partition coefficient (Wildman–Crippen LogP) is 4.49. The van der Waals surface area contributed by atoms with Gasteiger partial charge in [0.15, 0.2) is 5.82 Å². The smallest absolute Gasteiger partial charge is 0.255 e. The molecule has 3 N–H and O–H groups in total. The average molecular weight is 573 g/mol. The molecule has 1 amide bonds. The molecule has 0 saturated carbocycles. The first kappa shape index (κ1) is 27.5. The number of nitrogens with zero attached hydrogens (tertiary/aromatic N) is 4. The molecule has 0 saturated heterocycles. The Labute approximate surface area is 235 Å². The Morgan fingerprint density at radius 2 is 1.80 bits per heavy atom. The van der Waals surface area contributed by atoms with E-state index in [4.69, 9.17) is 10.2 Å². The summed E-state index contributed by atoms with van der Waals surface area (Å²) in [5, 5.41) is 3.02. The van der Waals surface area contributed by atoms with E-state index >= 15 is 0 Å². The number of hydrogen-bond acceptors (Lipinski definition) is 7. The molecular formula is C29H25FN6O4S.